The van der Waals surface area contributed by atoms with Gasteiger partial charge in [0.25, 0.3) is 0 Å². The zero-order valence-corrected chi connectivity index (χ0v) is 16.7. The summed E-state index contributed by atoms with van der Waals surface area (Å²) >= 11 is 0. The van der Waals surface area contributed by atoms with Gasteiger partial charge in [0.05, 0.1) is 12.7 Å². The molecule has 0 aliphatic rings. The summed E-state index contributed by atoms with van der Waals surface area (Å²) in [6.45, 7) is 2.88. The number of rotatable bonds is 10. The molecule has 0 amide bonds. The Hall–Kier alpha value is -2.58. The number of phenolic OH excluding ortho intramolecular Hbond substituents is 1. The van der Waals surface area contributed by atoms with Gasteiger partial charge in [-0.3, -0.25) is 0 Å². The maximum atomic E-state index is 9.40. The van der Waals surface area contributed by atoms with Gasteiger partial charge in [0.2, 0.25) is 0 Å². The summed E-state index contributed by atoms with van der Waals surface area (Å²) in [5.74, 6) is 0.306. The molecule has 3 aromatic rings. The van der Waals surface area contributed by atoms with Gasteiger partial charge in [0.15, 0.2) is 0 Å². The Labute approximate surface area is 168 Å². The highest BCUT2D eigenvalue weighted by Crippen LogP contribution is 2.22. The molecule has 3 rings (SSSR count). The normalized spacial score (nSPS) is 12.0. The Morgan fingerprint density at radius 1 is 0.714 bits per heavy atom. The predicted molar refractivity (Wildman–Crippen MR) is 116 cm³/mol. The topological polar surface area (TPSA) is 29.5 Å². The lowest BCUT2D eigenvalue weighted by atomic mass is 10.0. The number of phenols is 1. The summed E-state index contributed by atoms with van der Waals surface area (Å²) in [5, 5.41) is 9.40. The van der Waals surface area contributed by atoms with Crippen molar-refractivity contribution in [2.45, 2.75) is 51.7 Å². The van der Waals surface area contributed by atoms with Crippen molar-refractivity contribution in [3.8, 4) is 16.9 Å². The Morgan fingerprint density at radius 2 is 1.36 bits per heavy atom. The van der Waals surface area contributed by atoms with Crippen LogP contribution in [0.1, 0.15) is 43.7 Å². The zero-order valence-electron chi connectivity index (χ0n) is 16.7. The van der Waals surface area contributed by atoms with Crippen LogP contribution in [0.5, 0.6) is 5.75 Å². The van der Waals surface area contributed by atoms with E-state index in [-0.39, 0.29) is 0 Å². The summed E-state index contributed by atoms with van der Waals surface area (Å²) in [4.78, 5) is 0. The lowest BCUT2D eigenvalue weighted by Gasteiger charge is -2.13. The van der Waals surface area contributed by atoms with Crippen LogP contribution in [0.3, 0.4) is 0 Å². The van der Waals surface area contributed by atoms with Gasteiger partial charge in [0.1, 0.15) is 5.75 Å². The van der Waals surface area contributed by atoms with Crippen LogP contribution in [0.15, 0.2) is 78.9 Å². The first-order chi connectivity index (χ1) is 13.7. The second kappa shape index (κ2) is 10.7. The van der Waals surface area contributed by atoms with Crippen molar-refractivity contribution in [1.29, 1.82) is 0 Å². The minimum Gasteiger partial charge on any atom is -0.508 e. The smallest absolute Gasteiger partial charge is 0.115 e. The average molecular weight is 375 g/mol. The molecule has 0 saturated heterocycles. The molecule has 0 bridgehead atoms. The summed E-state index contributed by atoms with van der Waals surface area (Å²) in [5.41, 5.74) is 4.95. The Morgan fingerprint density at radius 3 is 2.04 bits per heavy atom. The largest absolute Gasteiger partial charge is 0.508 e. The maximum absolute atomic E-state index is 9.40. The summed E-state index contributed by atoms with van der Waals surface area (Å²) < 4.78 is 5.94. The number of hydrogen-bond donors (Lipinski definition) is 1. The molecule has 1 atom stereocenters. The highest BCUT2D eigenvalue weighted by atomic mass is 16.5. The molecule has 2 heteroatoms. The van der Waals surface area contributed by atoms with Crippen LogP contribution in [-0.2, 0) is 17.8 Å². The minimum atomic E-state index is 0.306. The molecular formula is C26H30O2. The van der Waals surface area contributed by atoms with E-state index in [0.29, 0.717) is 18.5 Å². The first-order valence-corrected chi connectivity index (χ1v) is 10.2. The molecule has 0 aliphatic heterocycles. The molecule has 1 unspecified atom stereocenters. The SMILES string of the molecule is CC(CCCCCc1ccc(-c2ccc(O)cc2)cc1)OCc1ccccc1. The number of ether oxygens (including phenoxy) is 1. The molecular weight excluding hydrogens is 344 g/mol. The highest BCUT2D eigenvalue weighted by molar-refractivity contribution is 5.64. The Bertz CT molecular complexity index is 807. The molecule has 0 radical (unpaired) electrons. The minimum absolute atomic E-state index is 0.306. The van der Waals surface area contributed by atoms with Crippen molar-refractivity contribution in [1.82, 2.24) is 0 Å². The van der Waals surface area contributed by atoms with Crippen molar-refractivity contribution in [2.24, 2.45) is 0 Å². The molecule has 0 heterocycles. The van der Waals surface area contributed by atoms with Crippen molar-refractivity contribution in [2.75, 3.05) is 0 Å². The molecule has 3 aromatic carbocycles. The van der Waals surface area contributed by atoms with Crippen molar-refractivity contribution in [3.63, 3.8) is 0 Å². The van der Waals surface area contributed by atoms with Gasteiger partial charge < -0.3 is 9.84 Å². The maximum Gasteiger partial charge on any atom is 0.115 e. The average Bonchev–Trinajstić information content (AvgIpc) is 2.74. The number of hydrogen-bond acceptors (Lipinski definition) is 2. The third-order valence-electron chi connectivity index (χ3n) is 5.11. The number of aromatic hydroxyl groups is 1. The zero-order chi connectivity index (χ0) is 19.6. The summed E-state index contributed by atoms with van der Waals surface area (Å²) in [7, 11) is 0. The highest BCUT2D eigenvalue weighted by Gasteiger charge is 2.03. The molecule has 1 N–H and O–H groups in total. The van der Waals surface area contributed by atoms with Crippen LogP contribution in [0.25, 0.3) is 11.1 Å². The van der Waals surface area contributed by atoms with Crippen LogP contribution in [0, 0.1) is 0 Å². The van der Waals surface area contributed by atoms with Gasteiger partial charge in [-0.2, -0.15) is 0 Å². The standard InChI is InChI=1S/C26H30O2/c1-21(28-20-23-10-6-3-7-11-23)8-4-2-5-9-22-12-14-24(15-13-22)25-16-18-26(27)19-17-25/h3,6-7,10-19,21,27H,2,4-5,8-9,20H2,1H3. The van der Waals surface area contributed by atoms with E-state index in [0.717, 1.165) is 18.4 Å². The van der Waals surface area contributed by atoms with E-state index in [2.05, 4.69) is 55.5 Å². The van der Waals surface area contributed by atoms with E-state index < -0.39 is 0 Å². The van der Waals surface area contributed by atoms with E-state index in [1.807, 2.05) is 18.2 Å². The van der Waals surface area contributed by atoms with Crippen LogP contribution >= 0.6 is 0 Å². The predicted octanol–water partition coefficient (Wildman–Crippen LogP) is 6.77. The quantitative estimate of drug-likeness (QED) is 0.397. The molecule has 0 aliphatic carbocycles. The fourth-order valence-corrected chi connectivity index (χ4v) is 3.35. The molecule has 0 saturated carbocycles. The Balaban J connectivity index is 1.32. The summed E-state index contributed by atoms with van der Waals surface area (Å²) in [6, 6.07) is 26.5. The molecule has 0 fully saturated rings. The molecule has 28 heavy (non-hydrogen) atoms. The van der Waals surface area contributed by atoms with Crippen molar-refractivity contribution in [3.05, 3.63) is 90.0 Å². The van der Waals surface area contributed by atoms with Gasteiger partial charge in [-0.05, 0) is 60.6 Å². The van der Waals surface area contributed by atoms with Crippen LogP contribution in [0.4, 0.5) is 0 Å². The van der Waals surface area contributed by atoms with Crippen LogP contribution < -0.4 is 0 Å². The van der Waals surface area contributed by atoms with E-state index in [4.69, 9.17) is 4.74 Å². The van der Waals surface area contributed by atoms with Gasteiger partial charge in [-0.25, -0.2) is 0 Å². The van der Waals surface area contributed by atoms with Crippen LogP contribution in [0.2, 0.25) is 0 Å². The van der Waals surface area contributed by atoms with Crippen molar-refractivity contribution < 1.29 is 9.84 Å². The fraction of sp³-hybridized carbons (Fsp3) is 0.308. The van der Waals surface area contributed by atoms with Crippen molar-refractivity contribution >= 4 is 0 Å². The van der Waals surface area contributed by atoms with E-state index in [9.17, 15) is 5.11 Å². The molecule has 0 spiro atoms. The lowest BCUT2D eigenvalue weighted by Crippen LogP contribution is -2.08. The second-order valence-electron chi connectivity index (χ2n) is 7.45. The molecule has 146 valence electrons. The summed E-state index contributed by atoms with van der Waals surface area (Å²) in [6.07, 6.45) is 6.20. The first-order valence-electron chi connectivity index (χ1n) is 10.2. The third-order valence-corrected chi connectivity index (χ3v) is 5.11. The fourth-order valence-electron chi connectivity index (χ4n) is 3.35. The number of unbranched alkanes of at least 4 members (excludes halogenated alkanes) is 2. The van der Waals surface area contributed by atoms with Gasteiger partial charge in [-0.1, -0.05) is 79.6 Å². The lowest BCUT2D eigenvalue weighted by molar-refractivity contribution is 0.0459. The first kappa shape index (κ1) is 20.2. The number of aryl methyl sites for hydroxylation is 1. The number of benzene rings is 3. The monoisotopic (exact) mass is 374 g/mol. The van der Waals surface area contributed by atoms with E-state index in [1.165, 1.54) is 36.0 Å². The van der Waals surface area contributed by atoms with E-state index in [1.54, 1.807) is 12.1 Å². The van der Waals surface area contributed by atoms with Gasteiger partial charge in [-0.15, -0.1) is 0 Å². The van der Waals surface area contributed by atoms with E-state index >= 15 is 0 Å². The second-order valence-corrected chi connectivity index (χ2v) is 7.45. The van der Waals surface area contributed by atoms with Gasteiger partial charge >= 0.3 is 0 Å². The van der Waals surface area contributed by atoms with Gasteiger partial charge in [0, 0.05) is 0 Å². The molecule has 0 aromatic heterocycles. The third kappa shape index (κ3) is 6.54. The molecule has 2 nitrogen and oxygen atoms in total. The van der Waals surface area contributed by atoms with Crippen LogP contribution in [-0.4, -0.2) is 11.2 Å². The Kier molecular flexibility index (Phi) is 7.69.